The van der Waals surface area contributed by atoms with Crippen molar-refractivity contribution in [2.75, 3.05) is 25.3 Å². The first kappa shape index (κ1) is 17.1. The number of hydrogen-bond donors (Lipinski definition) is 0. The molecule has 0 radical (unpaired) electrons. The van der Waals surface area contributed by atoms with Crippen molar-refractivity contribution in [2.45, 2.75) is 4.90 Å². The van der Waals surface area contributed by atoms with E-state index in [2.05, 4.69) is 29.2 Å². The molecule has 0 saturated carbocycles. The molecule has 0 aromatic heterocycles. The highest BCUT2D eigenvalue weighted by molar-refractivity contribution is 7.98. The molecule has 0 aliphatic carbocycles. The van der Waals surface area contributed by atoms with Gasteiger partial charge in [-0.05, 0) is 54.3 Å². The van der Waals surface area contributed by atoms with Crippen LogP contribution in [-0.2, 0) is 0 Å². The summed E-state index contributed by atoms with van der Waals surface area (Å²) in [5.41, 5.74) is 2.99. The first-order valence-electron chi connectivity index (χ1n) is 7.40. The molecule has 0 amide bonds. The molecular weight excluding hydrogens is 302 g/mol. The number of ketones is 1. The van der Waals surface area contributed by atoms with Crippen LogP contribution in [0.15, 0.2) is 71.7 Å². The predicted octanol–water partition coefficient (Wildman–Crippen LogP) is 4.93. The quantitative estimate of drug-likeness (QED) is 0.325. The lowest BCUT2D eigenvalue weighted by Crippen LogP contribution is -2.07. The fourth-order valence-electron chi connectivity index (χ4n) is 2.04. The van der Waals surface area contributed by atoms with E-state index < -0.39 is 0 Å². The first-order chi connectivity index (χ1) is 11.1. The molecule has 3 heteroatoms. The zero-order valence-electron chi connectivity index (χ0n) is 13.7. The molecule has 0 unspecified atom stereocenters. The standard InChI is InChI=1S/C20H21NOS/c1-21(2)18-12-8-16(9-13-18)6-4-5-7-20(22)17-10-14-19(23-3)15-11-17/h4-15H,1-3H3/b6-4+,7-5+. The third-order valence-corrected chi connectivity index (χ3v) is 4.17. The molecule has 0 aliphatic heterocycles. The van der Waals surface area contributed by atoms with Crippen molar-refractivity contribution < 1.29 is 4.79 Å². The van der Waals surface area contributed by atoms with Crippen LogP contribution >= 0.6 is 11.8 Å². The Kier molecular flexibility index (Phi) is 6.24. The van der Waals surface area contributed by atoms with Crippen LogP contribution in [0.1, 0.15) is 15.9 Å². The fraction of sp³-hybridized carbons (Fsp3) is 0.150. The SMILES string of the molecule is CSc1ccc(C(=O)/C=C/C=C/c2ccc(N(C)C)cc2)cc1. The highest BCUT2D eigenvalue weighted by Gasteiger charge is 2.00. The zero-order valence-corrected chi connectivity index (χ0v) is 14.5. The second kappa shape index (κ2) is 8.39. The van der Waals surface area contributed by atoms with E-state index in [-0.39, 0.29) is 5.78 Å². The summed E-state index contributed by atoms with van der Waals surface area (Å²) in [7, 11) is 4.04. The summed E-state index contributed by atoms with van der Waals surface area (Å²) in [5, 5.41) is 0. The Labute approximate surface area is 142 Å². The monoisotopic (exact) mass is 323 g/mol. The number of nitrogens with zero attached hydrogens (tertiary/aromatic N) is 1. The van der Waals surface area contributed by atoms with E-state index >= 15 is 0 Å². The largest absolute Gasteiger partial charge is 0.378 e. The summed E-state index contributed by atoms with van der Waals surface area (Å²) in [6, 6.07) is 15.9. The lowest BCUT2D eigenvalue weighted by Gasteiger charge is -2.11. The molecule has 0 N–H and O–H groups in total. The van der Waals surface area contributed by atoms with Crippen LogP contribution in [0.3, 0.4) is 0 Å². The molecule has 23 heavy (non-hydrogen) atoms. The summed E-state index contributed by atoms with van der Waals surface area (Å²) in [6.07, 6.45) is 9.27. The van der Waals surface area contributed by atoms with Crippen LogP contribution in [0.25, 0.3) is 6.08 Å². The summed E-state index contributed by atoms with van der Waals surface area (Å²) in [4.78, 5) is 15.3. The summed E-state index contributed by atoms with van der Waals surface area (Å²) in [5.74, 6) is 0.0188. The van der Waals surface area contributed by atoms with Crippen molar-refractivity contribution in [3.05, 3.63) is 77.9 Å². The number of carbonyl (C=O) groups excluding carboxylic acids is 1. The minimum Gasteiger partial charge on any atom is -0.378 e. The normalized spacial score (nSPS) is 11.3. The Balaban J connectivity index is 1.95. The number of allylic oxidation sites excluding steroid dienone is 3. The van der Waals surface area contributed by atoms with Gasteiger partial charge in [0.15, 0.2) is 5.78 Å². The van der Waals surface area contributed by atoms with Crippen LogP contribution in [0.2, 0.25) is 0 Å². The van der Waals surface area contributed by atoms with Crippen LogP contribution in [0.4, 0.5) is 5.69 Å². The highest BCUT2D eigenvalue weighted by Crippen LogP contribution is 2.15. The number of anilines is 1. The van der Waals surface area contributed by atoms with E-state index in [1.54, 1.807) is 23.9 Å². The van der Waals surface area contributed by atoms with Crippen molar-refractivity contribution in [1.29, 1.82) is 0 Å². The van der Waals surface area contributed by atoms with Gasteiger partial charge in [0.2, 0.25) is 0 Å². The fourth-order valence-corrected chi connectivity index (χ4v) is 2.45. The minimum absolute atomic E-state index is 0.0188. The Morgan fingerprint density at radius 1 is 0.957 bits per heavy atom. The number of carbonyl (C=O) groups is 1. The van der Waals surface area contributed by atoms with Crippen molar-refractivity contribution in [3.63, 3.8) is 0 Å². The molecule has 118 valence electrons. The van der Waals surface area contributed by atoms with Crippen molar-refractivity contribution in [3.8, 4) is 0 Å². The van der Waals surface area contributed by atoms with Crippen LogP contribution in [0.5, 0.6) is 0 Å². The Morgan fingerprint density at radius 3 is 2.17 bits per heavy atom. The van der Waals surface area contributed by atoms with Gasteiger partial charge in [0.25, 0.3) is 0 Å². The lowest BCUT2D eigenvalue weighted by molar-refractivity contribution is 0.104. The second-order valence-corrected chi connectivity index (χ2v) is 6.18. The van der Waals surface area contributed by atoms with Gasteiger partial charge in [-0.15, -0.1) is 11.8 Å². The van der Waals surface area contributed by atoms with E-state index in [9.17, 15) is 4.79 Å². The lowest BCUT2D eigenvalue weighted by atomic mass is 10.1. The van der Waals surface area contributed by atoms with Gasteiger partial charge in [0.05, 0.1) is 0 Å². The molecule has 0 aliphatic rings. The van der Waals surface area contributed by atoms with Gasteiger partial charge in [-0.1, -0.05) is 30.4 Å². The Morgan fingerprint density at radius 2 is 1.61 bits per heavy atom. The van der Waals surface area contributed by atoms with Crippen molar-refractivity contribution in [2.24, 2.45) is 0 Å². The van der Waals surface area contributed by atoms with Gasteiger partial charge in [0, 0.05) is 30.2 Å². The number of hydrogen-bond acceptors (Lipinski definition) is 3. The maximum Gasteiger partial charge on any atom is 0.185 e. The van der Waals surface area contributed by atoms with E-state index in [1.165, 1.54) is 5.69 Å². The van der Waals surface area contributed by atoms with Gasteiger partial charge in [-0.25, -0.2) is 0 Å². The number of benzene rings is 2. The number of rotatable bonds is 6. The molecule has 0 saturated heterocycles. The van der Waals surface area contributed by atoms with Crippen LogP contribution in [0, 0.1) is 0 Å². The number of thioether (sulfide) groups is 1. The van der Waals surface area contributed by atoms with Crippen LogP contribution < -0.4 is 4.90 Å². The maximum atomic E-state index is 12.0. The van der Waals surface area contributed by atoms with Gasteiger partial charge in [-0.3, -0.25) is 4.79 Å². The molecule has 2 aromatic carbocycles. The predicted molar refractivity (Wildman–Crippen MR) is 101 cm³/mol. The molecule has 0 heterocycles. The molecule has 0 atom stereocenters. The van der Waals surface area contributed by atoms with Gasteiger partial charge in [0.1, 0.15) is 0 Å². The molecule has 2 nitrogen and oxygen atoms in total. The molecular formula is C20H21NOS. The third kappa shape index (κ3) is 5.15. The van der Waals surface area contributed by atoms with E-state index in [0.29, 0.717) is 5.56 Å². The molecule has 0 spiro atoms. The minimum atomic E-state index is 0.0188. The van der Waals surface area contributed by atoms with Crippen molar-refractivity contribution >= 4 is 29.3 Å². The van der Waals surface area contributed by atoms with Crippen LogP contribution in [-0.4, -0.2) is 26.1 Å². The van der Waals surface area contributed by atoms with Gasteiger partial charge in [-0.2, -0.15) is 0 Å². The van der Waals surface area contributed by atoms with Gasteiger partial charge < -0.3 is 4.90 Å². The molecule has 2 aromatic rings. The zero-order chi connectivity index (χ0) is 16.7. The Bertz CT molecular complexity index is 697. The maximum absolute atomic E-state index is 12.0. The van der Waals surface area contributed by atoms with E-state index in [4.69, 9.17) is 0 Å². The molecule has 0 bridgehead atoms. The van der Waals surface area contributed by atoms with E-state index in [1.807, 2.05) is 56.8 Å². The summed E-state index contributed by atoms with van der Waals surface area (Å²) in [6.45, 7) is 0. The topological polar surface area (TPSA) is 20.3 Å². The van der Waals surface area contributed by atoms with Gasteiger partial charge >= 0.3 is 0 Å². The summed E-state index contributed by atoms with van der Waals surface area (Å²) >= 11 is 1.67. The molecule has 0 fully saturated rings. The summed E-state index contributed by atoms with van der Waals surface area (Å²) < 4.78 is 0. The van der Waals surface area contributed by atoms with Crippen molar-refractivity contribution in [1.82, 2.24) is 0 Å². The second-order valence-electron chi connectivity index (χ2n) is 5.30. The molecule has 2 rings (SSSR count). The smallest absolute Gasteiger partial charge is 0.185 e. The highest BCUT2D eigenvalue weighted by atomic mass is 32.2. The van der Waals surface area contributed by atoms with E-state index in [0.717, 1.165) is 10.5 Å². The average Bonchev–Trinajstić information content (AvgIpc) is 2.59. The Hall–Kier alpha value is -2.26. The average molecular weight is 323 g/mol. The third-order valence-electron chi connectivity index (χ3n) is 3.43. The first-order valence-corrected chi connectivity index (χ1v) is 8.63.